The first-order chi connectivity index (χ1) is 8.08. The van der Waals surface area contributed by atoms with Crippen molar-refractivity contribution >= 4 is 34.9 Å². The van der Waals surface area contributed by atoms with Crippen LogP contribution in [0.5, 0.6) is 0 Å². The van der Waals surface area contributed by atoms with E-state index in [9.17, 15) is 9.90 Å². The van der Waals surface area contributed by atoms with Crippen LogP contribution in [0.15, 0.2) is 18.2 Å². The summed E-state index contributed by atoms with van der Waals surface area (Å²) < 4.78 is 4.60. The van der Waals surface area contributed by atoms with Gasteiger partial charge in [0.05, 0.1) is 35.4 Å². The second-order valence-electron chi connectivity index (χ2n) is 3.38. The largest absolute Gasteiger partial charge is 0.465 e. The Kier molecular flexibility index (Phi) is 5.55. The van der Waals surface area contributed by atoms with E-state index in [2.05, 4.69) is 10.1 Å². The highest BCUT2D eigenvalue weighted by molar-refractivity contribution is 6.33. The zero-order valence-corrected chi connectivity index (χ0v) is 10.8. The van der Waals surface area contributed by atoms with Gasteiger partial charge in [-0.2, -0.15) is 0 Å². The predicted molar refractivity (Wildman–Crippen MR) is 68.0 cm³/mol. The first-order valence-electron chi connectivity index (χ1n) is 4.94. The lowest BCUT2D eigenvalue weighted by atomic mass is 10.2. The topological polar surface area (TPSA) is 58.6 Å². The van der Waals surface area contributed by atoms with Crippen molar-refractivity contribution in [1.29, 1.82) is 0 Å². The molecule has 94 valence electrons. The summed E-state index contributed by atoms with van der Waals surface area (Å²) in [5, 5.41) is 12.7. The minimum absolute atomic E-state index is 0.126. The summed E-state index contributed by atoms with van der Waals surface area (Å²) in [4.78, 5) is 11.3. The van der Waals surface area contributed by atoms with Crippen LogP contribution in [0.1, 0.15) is 10.4 Å². The molecule has 1 atom stereocenters. The Balaban J connectivity index is 2.80. The predicted octanol–water partition coefficient (Wildman–Crippen LogP) is 2.14. The highest BCUT2D eigenvalue weighted by Crippen LogP contribution is 2.23. The van der Waals surface area contributed by atoms with Crippen molar-refractivity contribution in [3.05, 3.63) is 28.8 Å². The Bertz CT molecular complexity index is 398. The molecule has 2 N–H and O–H groups in total. The van der Waals surface area contributed by atoms with Gasteiger partial charge in [-0.05, 0) is 18.2 Å². The molecular formula is C11H13Cl2NO3. The minimum atomic E-state index is -0.672. The molecular weight excluding hydrogens is 265 g/mol. The quantitative estimate of drug-likeness (QED) is 0.640. The van der Waals surface area contributed by atoms with Gasteiger partial charge in [0.25, 0.3) is 0 Å². The number of nitrogens with one attached hydrogen (secondary N) is 1. The Hall–Kier alpha value is -0.970. The van der Waals surface area contributed by atoms with Crippen LogP contribution in [-0.4, -0.2) is 36.7 Å². The van der Waals surface area contributed by atoms with Crippen LogP contribution in [-0.2, 0) is 4.74 Å². The van der Waals surface area contributed by atoms with E-state index in [1.807, 2.05) is 0 Å². The first kappa shape index (κ1) is 14.1. The van der Waals surface area contributed by atoms with E-state index in [1.165, 1.54) is 7.11 Å². The number of aliphatic hydroxyl groups excluding tert-OH is 1. The van der Waals surface area contributed by atoms with Crippen molar-refractivity contribution in [2.45, 2.75) is 6.10 Å². The molecule has 0 saturated heterocycles. The second kappa shape index (κ2) is 6.69. The van der Waals surface area contributed by atoms with Gasteiger partial charge in [0.1, 0.15) is 0 Å². The zero-order valence-electron chi connectivity index (χ0n) is 9.24. The van der Waals surface area contributed by atoms with Gasteiger partial charge >= 0.3 is 5.97 Å². The number of anilines is 1. The third-order valence-corrected chi connectivity index (χ3v) is 2.78. The molecule has 4 nitrogen and oxygen atoms in total. The van der Waals surface area contributed by atoms with Crippen LogP contribution < -0.4 is 5.32 Å². The Labute approximate surface area is 109 Å². The molecule has 0 bridgehead atoms. The highest BCUT2D eigenvalue weighted by Gasteiger charge is 2.09. The number of hydrogen-bond acceptors (Lipinski definition) is 4. The number of benzene rings is 1. The summed E-state index contributed by atoms with van der Waals surface area (Å²) in [5.74, 6) is -0.316. The molecule has 0 fully saturated rings. The van der Waals surface area contributed by atoms with E-state index in [0.717, 1.165) is 0 Å². The number of alkyl halides is 1. The van der Waals surface area contributed by atoms with E-state index in [4.69, 9.17) is 23.2 Å². The van der Waals surface area contributed by atoms with Crippen molar-refractivity contribution in [2.75, 3.05) is 24.9 Å². The van der Waals surface area contributed by atoms with E-state index in [0.29, 0.717) is 16.3 Å². The maximum Gasteiger partial charge on any atom is 0.337 e. The molecule has 0 spiro atoms. The van der Waals surface area contributed by atoms with Crippen molar-refractivity contribution in [3.63, 3.8) is 0 Å². The lowest BCUT2D eigenvalue weighted by molar-refractivity contribution is 0.0601. The van der Waals surface area contributed by atoms with Gasteiger partial charge in [-0.3, -0.25) is 0 Å². The number of ether oxygens (including phenoxy) is 1. The fourth-order valence-corrected chi connectivity index (χ4v) is 1.48. The summed E-state index contributed by atoms with van der Waals surface area (Å²) in [7, 11) is 1.31. The standard InChI is InChI=1S/C11H13Cl2NO3/c1-17-11(16)7-2-3-9(13)10(4-7)14-6-8(15)5-12/h2-4,8,14-15H,5-6H2,1H3. The lowest BCUT2D eigenvalue weighted by Gasteiger charge is -2.12. The molecule has 0 aliphatic rings. The Morgan fingerprint density at radius 2 is 2.29 bits per heavy atom. The summed E-state index contributed by atoms with van der Waals surface area (Å²) >= 11 is 11.4. The normalized spacial score (nSPS) is 12.0. The van der Waals surface area contributed by atoms with Gasteiger partial charge in [-0.15, -0.1) is 11.6 Å². The van der Waals surface area contributed by atoms with Gasteiger partial charge in [0.15, 0.2) is 0 Å². The molecule has 17 heavy (non-hydrogen) atoms. The van der Waals surface area contributed by atoms with Crippen molar-refractivity contribution < 1.29 is 14.6 Å². The average molecular weight is 278 g/mol. The molecule has 0 saturated carbocycles. The van der Waals surface area contributed by atoms with Crippen LogP contribution in [0.25, 0.3) is 0 Å². The number of halogens is 2. The number of carbonyl (C=O) groups excluding carboxylic acids is 1. The van der Waals surface area contributed by atoms with E-state index >= 15 is 0 Å². The third kappa shape index (κ3) is 4.07. The molecule has 1 unspecified atom stereocenters. The fraction of sp³-hybridized carbons (Fsp3) is 0.364. The average Bonchev–Trinajstić information content (AvgIpc) is 2.36. The van der Waals surface area contributed by atoms with E-state index in [-0.39, 0.29) is 12.4 Å². The van der Waals surface area contributed by atoms with Gasteiger partial charge in [0.2, 0.25) is 0 Å². The van der Waals surface area contributed by atoms with Crippen LogP contribution in [0.4, 0.5) is 5.69 Å². The number of esters is 1. The maximum atomic E-state index is 11.3. The maximum absolute atomic E-state index is 11.3. The summed E-state index contributed by atoms with van der Waals surface area (Å²) in [6.07, 6.45) is -0.672. The second-order valence-corrected chi connectivity index (χ2v) is 4.09. The molecule has 0 amide bonds. The smallest absolute Gasteiger partial charge is 0.337 e. The lowest BCUT2D eigenvalue weighted by Crippen LogP contribution is -2.21. The zero-order chi connectivity index (χ0) is 12.8. The van der Waals surface area contributed by atoms with Crippen molar-refractivity contribution in [2.24, 2.45) is 0 Å². The minimum Gasteiger partial charge on any atom is -0.465 e. The van der Waals surface area contributed by atoms with Gasteiger partial charge in [-0.1, -0.05) is 11.6 Å². The van der Waals surface area contributed by atoms with Crippen LogP contribution in [0.2, 0.25) is 5.02 Å². The van der Waals surface area contributed by atoms with Crippen LogP contribution in [0.3, 0.4) is 0 Å². The Morgan fingerprint density at radius 1 is 1.59 bits per heavy atom. The molecule has 1 aromatic rings. The fourth-order valence-electron chi connectivity index (χ4n) is 1.19. The SMILES string of the molecule is COC(=O)c1ccc(Cl)c(NCC(O)CCl)c1. The molecule has 0 aromatic heterocycles. The number of rotatable bonds is 5. The monoisotopic (exact) mass is 277 g/mol. The molecule has 1 rings (SSSR count). The first-order valence-corrected chi connectivity index (χ1v) is 5.85. The molecule has 0 radical (unpaired) electrons. The molecule has 1 aromatic carbocycles. The Morgan fingerprint density at radius 3 is 2.88 bits per heavy atom. The molecule has 0 aliphatic carbocycles. The van der Waals surface area contributed by atoms with Gasteiger partial charge in [0, 0.05) is 6.54 Å². The van der Waals surface area contributed by atoms with Gasteiger partial charge in [-0.25, -0.2) is 4.79 Å². The van der Waals surface area contributed by atoms with Crippen LogP contribution >= 0.6 is 23.2 Å². The summed E-state index contributed by atoms with van der Waals surface area (Å²) in [5.41, 5.74) is 0.943. The molecule has 6 heteroatoms. The summed E-state index contributed by atoms with van der Waals surface area (Å²) in [6.45, 7) is 0.258. The van der Waals surface area contributed by atoms with Crippen molar-refractivity contribution in [1.82, 2.24) is 0 Å². The van der Waals surface area contributed by atoms with E-state index < -0.39 is 12.1 Å². The molecule has 0 aliphatic heterocycles. The number of carbonyl (C=O) groups is 1. The third-order valence-electron chi connectivity index (χ3n) is 2.09. The van der Waals surface area contributed by atoms with Crippen molar-refractivity contribution in [3.8, 4) is 0 Å². The number of hydrogen-bond donors (Lipinski definition) is 2. The van der Waals surface area contributed by atoms with Gasteiger partial charge < -0.3 is 15.2 Å². The molecule has 0 heterocycles. The highest BCUT2D eigenvalue weighted by atomic mass is 35.5. The number of aliphatic hydroxyl groups is 1. The summed E-state index contributed by atoms with van der Waals surface area (Å²) in [6, 6.07) is 4.72. The van der Waals surface area contributed by atoms with E-state index in [1.54, 1.807) is 18.2 Å². The number of methoxy groups -OCH3 is 1. The van der Waals surface area contributed by atoms with Crippen LogP contribution in [0, 0.1) is 0 Å².